The van der Waals surface area contributed by atoms with Gasteiger partial charge in [0.25, 0.3) is 10.0 Å². The topological polar surface area (TPSA) is 256 Å². The summed E-state index contributed by atoms with van der Waals surface area (Å²) in [6, 6.07) is 11.9. The number of nitrogens with zero attached hydrogens (tertiary/aromatic N) is 1. The van der Waals surface area contributed by atoms with Crippen molar-refractivity contribution in [1.82, 2.24) is 20.7 Å². The fourth-order valence-corrected chi connectivity index (χ4v) is 4.66. The number of aliphatic imine (C=N–C) groups is 1. The standard InChI is InChI=1S/C28H36N6O10S/c1-18-9-11-20(12-10-18)45(42,43)34-27(29)30-15-5-8-21(25(39)31-16-24(37)38)32-26(40)22(13-14-23(35)36)33-28(41)44-17-19-6-3-2-4-7-19/h2-4,6-7,9-12,21-22H,5,8,13-17H2,1H3,(H,31,39)(H,32,40)(H,33,41)(H,35,36)(H,37,38)(H3,29,30,34)/t21-,22-/m1/s1. The molecule has 8 N–H and O–H groups in total. The van der Waals surface area contributed by atoms with E-state index in [1.165, 1.54) is 12.1 Å². The maximum Gasteiger partial charge on any atom is 0.408 e. The summed E-state index contributed by atoms with van der Waals surface area (Å²) in [6.07, 6.45) is -1.88. The van der Waals surface area contributed by atoms with Crippen LogP contribution < -0.4 is 26.4 Å². The predicted octanol–water partition coefficient (Wildman–Crippen LogP) is 0.214. The molecule has 0 bridgehead atoms. The Kier molecular flexibility index (Phi) is 14.3. The van der Waals surface area contributed by atoms with Gasteiger partial charge in [-0.1, -0.05) is 48.0 Å². The third-order valence-corrected chi connectivity index (χ3v) is 7.39. The SMILES string of the molecule is Cc1ccc(S(=O)(=O)NC(N)=NCCC[C@@H](NC(=O)[C@@H](CCC(=O)O)NC(=O)OCc2ccccc2)C(=O)NCC(=O)O)cc1. The Labute approximate surface area is 259 Å². The van der Waals surface area contributed by atoms with Gasteiger partial charge in [-0.2, -0.15) is 0 Å². The first-order valence-electron chi connectivity index (χ1n) is 13.6. The average molecular weight is 649 g/mol. The Bertz CT molecular complexity index is 1470. The molecule has 0 aliphatic rings. The first kappa shape index (κ1) is 36.0. The number of rotatable bonds is 17. The molecular formula is C28H36N6O10S. The van der Waals surface area contributed by atoms with E-state index >= 15 is 0 Å². The van der Waals surface area contributed by atoms with E-state index in [4.69, 9.17) is 20.7 Å². The van der Waals surface area contributed by atoms with Crippen LogP contribution in [0.4, 0.5) is 4.79 Å². The van der Waals surface area contributed by atoms with Crippen molar-refractivity contribution in [2.75, 3.05) is 13.1 Å². The highest BCUT2D eigenvalue weighted by atomic mass is 32.2. The third-order valence-electron chi connectivity index (χ3n) is 6.02. The zero-order chi connectivity index (χ0) is 33.4. The van der Waals surface area contributed by atoms with E-state index in [1.54, 1.807) is 49.4 Å². The van der Waals surface area contributed by atoms with E-state index in [2.05, 4.69) is 25.7 Å². The van der Waals surface area contributed by atoms with Crippen molar-refractivity contribution in [1.29, 1.82) is 0 Å². The van der Waals surface area contributed by atoms with E-state index < -0.39 is 70.9 Å². The summed E-state index contributed by atoms with van der Waals surface area (Å²) in [4.78, 5) is 64.2. The molecule has 0 spiro atoms. The van der Waals surface area contributed by atoms with Crippen molar-refractivity contribution >= 4 is 45.8 Å². The summed E-state index contributed by atoms with van der Waals surface area (Å²) >= 11 is 0. The molecule has 45 heavy (non-hydrogen) atoms. The van der Waals surface area contributed by atoms with Crippen LogP contribution in [0.1, 0.15) is 36.8 Å². The van der Waals surface area contributed by atoms with Gasteiger partial charge in [0.1, 0.15) is 25.2 Å². The number of nitrogens with two attached hydrogens (primary N) is 1. The molecule has 2 rings (SSSR count). The number of aryl methyl sites for hydroxylation is 1. The monoisotopic (exact) mass is 648 g/mol. The van der Waals surface area contributed by atoms with Gasteiger partial charge in [0.05, 0.1) is 4.90 Å². The van der Waals surface area contributed by atoms with Gasteiger partial charge in [-0.25, -0.2) is 17.9 Å². The lowest BCUT2D eigenvalue weighted by Crippen LogP contribution is -2.54. The van der Waals surface area contributed by atoms with Crippen LogP contribution in [0.5, 0.6) is 0 Å². The van der Waals surface area contributed by atoms with Crippen molar-refractivity contribution in [3.05, 3.63) is 65.7 Å². The number of hydrogen-bond donors (Lipinski definition) is 7. The second-order valence-corrected chi connectivity index (χ2v) is 11.4. The fourth-order valence-electron chi connectivity index (χ4n) is 3.71. The van der Waals surface area contributed by atoms with Gasteiger partial charge in [0, 0.05) is 13.0 Å². The molecule has 2 aromatic carbocycles. The van der Waals surface area contributed by atoms with E-state index in [1.807, 2.05) is 0 Å². The molecule has 3 amide bonds. The lowest BCUT2D eigenvalue weighted by Gasteiger charge is -2.22. The number of guanidine groups is 1. The number of carboxylic acid groups (broad SMARTS) is 2. The minimum absolute atomic E-state index is 0.0286. The Morgan fingerprint density at radius 2 is 1.53 bits per heavy atom. The molecule has 0 saturated carbocycles. The van der Waals surface area contributed by atoms with Gasteiger partial charge >= 0.3 is 18.0 Å². The van der Waals surface area contributed by atoms with Crippen LogP contribution in [0, 0.1) is 6.92 Å². The van der Waals surface area contributed by atoms with Crippen LogP contribution in [0.2, 0.25) is 0 Å². The second kappa shape index (κ2) is 17.8. The smallest absolute Gasteiger partial charge is 0.408 e. The number of hydrogen-bond acceptors (Lipinski definition) is 9. The quantitative estimate of drug-likeness (QED) is 0.0693. The van der Waals surface area contributed by atoms with Gasteiger partial charge in [0.15, 0.2) is 0 Å². The van der Waals surface area contributed by atoms with Crippen molar-refractivity contribution in [2.24, 2.45) is 10.7 Å². The van der Waals surface area contributed by atoms with Crippen LogP contribution >= 0.6 is 0 Å². The largest absolute Gasteiger partial charge is 0.481 e. The molecule has 0 aliphatic carbocycles. The predicted molar refractivity (Wildman–Crippen MR) is 160 cm³/mol. The Morgan fingerprint density at radius 1 is 0.889 bits per heavy atom. The van der Waals surface area contributed by atoms with Crippen molar-refractivity contribution in [3.63, 3.8) is 0 Å². The van der Waals surface area contributed by atoms with E-state index in [-0.39, 0.29) is 37.3 Å². The van der Waals surface area contributed by atoms with Gasteiger partial charge in [0.2, 0.25) is 17.8 Å². The number of carbonyl (C=O) groups is 5. The maximum absolute atomic E-state index is 13.1. The molecule has 2 aromatic rings. The zero-order valence-corrected chi connectivity index (χ0v) is 25.2. The number of carboxylic acids is 2. The zero-order valence-electron chi connectivity index (χ0n) is 24.4. The van der Waals surface area contributed by atoms with Crippen LogP contribution in [0.3, 0.4) is 0 Å². The number of amides is 3. The summed E-state index contributed by atoms with van der Waals surface area (Å²) in [5, 5.41) is 24.9. The van der Waals surface area contributed by atoms with Crippen LogP contribution in [0.15, 0.2) is 64.5 Å². The van der Waals surface area contributed by atoms with E-state index in [0.29, 0.717) is 5.56 Å². The molecule has 244 valence electrons. The minimum atomic E-state index is -3.99. The van der Waals surface area contributed by atoms with E-state index in [0.717, 1.165) is 5.56 Å². The summed E-state index contributed by atoms with van der Waals surface area (Å²) in [5.41, 5.74) is 7.24. The fraction of sp³-hybridized carbons (Fsp3) is 0.357. The molecule has 0 aromatic heterocycles. The molecular weight excluding hydrogens is 612 g/mol. The Balaban J connectivity index is 2.05. The first-order chi connectivity index (χ1) is 21.3. The second-order valence-electron chi connectivity index (χ2n) is 9.69. The van der Waals surface area contributed by atoms with Crippen molar-refractivity contribution < 1.29 is 47.3 Å². The van der Waals surface area contributed by atoms with Gasteiger partial charge in [-0.15, -0.1) is 0 Å². The number of nitrogens with one attached hydrogen (secondary N) is 4. The summed E-state index contributed by atoms with van der Waals surface area (Å²) < 4.78 is 32.2. The molecule has 16 nitrogen and oxygen atoms in total. The highest BCUT2D eigenvalue weighted by molar-refractivity contribution is 7.90. The summed E-state index contributed by atoms with van der Waals surface area (Å²) in [6.45, 7) is 0.840. The highest BCUT2D eigenvalue weighted by Gasteiger charge is 2.28. The Hall–Kier alpha value is -5.19. The lowest BCUT2D eigenvalue weighted by atomic mass is 10.1. The van der Waals surface area contributed by atoms with E-state index in [9.17, 15) is 32.4 Å². The van der Waals surface area contributed by atoms with Gasteiger partial charge in [-0.05, 0) is 43.9 Å². The number of alkyl carbamates (subject to hydrolysis) is 1. The number of aliphatic carboxylic acids is 2. The van der Waals surface area contributed by atoms with Crippen LogP contribution in [-0.2, 0) is 40.5 Å². The molecule has 17 heteroatoms. The minimum Gasteiger partial charge on any atom is -0.481 e. The van der Waals surface area contributed by atoms with Gasteiger partial charge in [-0.3, -0.25) is 24.2 Å². The summed E-state index contributed by atoms with van der Waals surface area (Å²) in [7, 11) is -3.99. The summed E-state index contributed by atoms with van der Waals surface area (Å²) in [5.74, 6) is -4.78. The van der Waals surface area contributed by atoms with Crippen molar-refractivity contribution in [2.45, 2.75) is 56.2 Å². The number of ether oxygens (including phenoxy) is 1. The molecule has 0 heterocycles. The number of carbonyl (C=O) groups excluding carboxylic acids is 3. The van der Waals surface area contributed by atoms with Crippen LogP contribution in [0.25, 0.3) is 0 Å². The lowest BCUT2D eigenvalue weighted by molar-refractivity contribution is -0.138. The average Bonchev–Trinajstić information content (AvgIpc) is 2.98. The molecule has 0 fully saturated rings. The Morgan fingerprint density at radius 3 is 2.16 bits per heavy atom. The number of sulfonamides is 1. The van der Waals surface area contributed by atoms with Crippen LogP contribution in [-0.4, -0.2) is 79.6 Å². The first-order valence-corrected chi connectivity index (χ1v) is 15.1. The molecule has 0 aliphatic heterocycles. The third kappa shape index (κ3) is 13.8. The molecule has 0 unspecified atom stereocenters. The highest BCUT2D eigenvalue weighted by Crippen LogP contribution is 2.10. The van der Waals surface area contributed by atoms with Crippen molar-refractivity contribution in [3.8, 4) is 0 Å². The number of benzene rings is 2. The van der Waals surface area contributed by atoms with Gasteiger partial charge < -0.3 is 36.6 Å². The maximum atomic E-state index is 13.1. The molecule has 0 radical (unpaired) electrons. The normalized spacial score (nSPS) is 12.7. The molecule has 0 saturated heterocycles. The molecule has 2 atom stereocenters.